The first-order valence-electron chi connectivity index (χ1n) is 13.5. The number of rotatable bonds is 12. The normalized spacial score (nSPS) is 9.94. The largest absolute Gasteiger partial charge is 0.483 e. The molecular formula is C29H55N3O3. The molecule has 1 rings (SSSR count). The van der Waals surface area contributed by atoms with Gasteiger partial charge in [0.05, 0.1) is 11.3 Å². The molecule has 204 valence electrons. The number of carbonyl (C=O) groups is 2. The third-order valence-corrected chi connectivity index (χ3v) is 4.16. The molecule has 0 radical (unpaired) electrons. The summed E-state index contributed by atoms with van der Waals surface area (Å²) in [5.41, 5.74) is 1.61. The lowest BCUT2D eigenvalue weighted by Gasteiger charge is -2.26. The monoisotopic (exact) mass is 493 g/mol. The molecule has 0 aliphatic carbocycles. The SMILES string of the molecule is CC.CC(C)C.CCC/C=C\NC(=O)c1ccc(N(CCC)CC(C)C)nc1CCCC.O=CO. The summed E-state index contributed by atoms with van der Waals surface area (Å²) >= 11 is 0. The Balaban J connectivity index is -0.000000985. The quantitative estimate of drug-likeness (QED) is 0.291. The van der Waals surface area contributed by atoms with Gasteiger partial charge in [0.15, 0.2) is 0 Å². The molecule has 6 heteroatoms. The summed E-state index contributed by atoms with van der Waals surface area (Å²) in [6, 6.07) is 3.94. The van der Waals surface area contributed by atoms with E-state index in [9.17, 15) is 4.79 Å². The summed E-state index contributed by atoms with van der Waals surface area (Å²) in [5.74, 6) is 2.34. The molecule has 0 aliphatic rings. The van der Waals surface area contributed by atoms with Crippen LogP contribution in [0.3, 0.4) is 0 Å². The number of aryl methyl sites for hydroxylation is 1. The number of amides is 1. The minimum Gasteiger partial charge on any atom is -0.483 e. The van der Waals surface area contributed by atoms with Crippen molar-refractivity contribution < 1.29 is 14.7 Å². The highest BCUT2D eigenvalue weighted by atomic mass is 16.3. The van der Waals surface area contributed by atoms with Crippen LogP contribution in [0.1, 0.15) is 117 Å². The predicted molar refractivity (Wildman–Crippen MR) is 152 cm³/mol. The Morgan fingerprint density at radius 1 is 1.06 bits per heavy atom. The molecule has 0 saturated heterocycles. The van der Waals surface area contributed by atoms with Crippen LogP contribution in [0.5, 0.6) is 0 Å². The smallest absolute Gasteiger partial charge is 0.290 e. The van der Waals surface area contributed by atoms with E-state index in [-0.39, 0.29) is 12.4 Å². The molecule has 0 saturated carbocycles. The maximum atomic E-state index is 12.6. The fourth-order valence-corrected chi connectivity index (χ4v) is 2.88. The van der Waals surface area contributed by atoms with Crippen LogP contribution in [0.4, 0.5) is 5.82 Å². The third kappa shape index (κ3) is 21.9. The molecule has 1 aromatic rings. The Hall–Kier alpha value is -2.37. The molecule has 1 aromatic heterocycles. The highest BCUT2D eigenvalue weighted by Gasteiger charge is 2.16. The van der Waals surface area contributed by atoms with Crippen LogP contribution in [-0.2, 0) is 11.2 Å². The number of allylic oxidation sites excluding steroid dienone is 1. The van der Waals surface area contributed by atoms with Crippen LogP contribution in [0, 0.1) is 11.8 Å². The van der Waals surface area contributed by atoms with Gasteiger partial charge in [-0.05, 0) is 49.7 Å². The minimum atomic E-state index is -0.250. The first-order valence-corrected chi connectivity index (χ1v) is 13.5. The van der Waals surface area contributed by atoms with Gasteiger partial charge in [-0.1, -0.05) is 88.2 Å². The van der Waals surface area contributed by atoms with Crippen molar-refractivity contribution in [2.45, 2.75) is 108 Å². The molecule has 0 aromatic carbocycles. The van der Waals surface area contributed by atoms with Gasteiger partial charge in [0, 0.05) is 19.3 Å². The van der Waals surface area contributed by atoms with Crippen molar-refractivity contribution in [3.05, 3.63) is 35.7 Å². The molecule has 1 amide bonds. The van der Waals surface area contributed by atoms with Gasteiger partial charge in [0.1, 0.15) is 5.82 Å². The Morgan fingerprint density at radius 3 is 2.09 bits per heavy atom. The third-order valence-electron chi connectivity index (χ3n) is 4.16. The molecule has 0 bridgehead atoms. The molecule has 0 aliphatic heterocycles. The van der Waals surface area contributed by atoms with E-state index in [0.717, 1.165) is 69.0 Å². The summed E-state index contributed by atoms with van der Waals surface area (Å²) in [4.78, 5) is 28.1. The van der Waals surface area contributed by atoms with Crippen molar-refractivity contribution in [1.82, 2.24) is 10.3 Å². The number of aromatic nitrogens is 1. The van der Waals surface area contributed by atoms with Gasteiger partial charge >= 0.3 is 0 Å². The van der Waals surface area contributed by atoms with Crippen molar-refractivity contribution in [2.75, 3.05) is 18.0 Å². The highest BCUT2D eigenvalue weighted by molar-refractivity contribution is 5.96. The average Bonchev–Trinajstić information content (AvgIpc) is 2.81. The minimum absolute atomic E-state index is 0.0617. The van der Waals surface area contributed by atoms with E-state index in [0.29, 0.717) is 11.5 Å². The van der Waals surface area contributed by atoms with E-state index >= 15 is 0 Å². The fourth-order valence-electron chi connectivity index (χ4n) is 2.88. The number of nitrogens with one attached hydrogen (secondary N) is 1. The van der Waals surface area contributed by atoms with Crippen molar-refractivity contribution in [1.29, 1.82) is 0 Å². The van der Waals surface area contributed by atoms with Crippen molar-refractivity contribution >= 4 is 18.2 Å². The lowest BCUT2D eigenvalue weighted by atomic mass is 10.1. The summed E-state index contributed by atoms with van der Waals surface area (Å²) in [6.45, 7) is 23.2. The number of pyridine rings is 1. The predicted octanol–water partition coefficient (Wildman–Crippen LogP) is 7.73. The number of anilines is 1. The molecule has 2 N–H and O–H groups in total. The van der Waals surface area contributed by atoms with Crippen molar-refractivity contribution in [3.8, 4) is 0 Å². The molecule has 0 unspecified atom stereocenters. The molecule has 6 nitrogen and oxygen atoms in total. The molecule has 0 fully saturated rings. The molecule has 0 atom stereocenters. The van der Waals surface area contributed by atoms with E-state index in [1.165, 1.54) is 0 Å². The highest BCUT2D eigenvalue weighted by Crippen LogP contribution is 2.19. The van der Waals surface area contributed by atoms with E-state index in [1.807, 2.05) is 32.1 Å². The van der Waals surface area contributed by atoms with Gasteiger partial charge < -0.3 is 15.3 Å². The van der Waals surface area contributed by atoms with Crippen LogP contribution < -0.4 is 10.2 Å². The van der Waals surface area contributed by atoms with Gasteiger partial charge in [0.25, 0.3) is 12.4 Å². The van der Waals surface area contributed by atoms with Crippen molar-refractivity contribution in [2.24, 2.45) is 11.8 Å². The standard InChI is InChI=1S/C22H37N3O.C4H10.C2H6.CH2O2/c1-6-9-11-15-23-22(26)19-13-14-21(24-20(19)12-10-7-2)25(16-8-3)17-18(4)5;1-4(2)3;1-2;2-1-3/h11,13-15,18H,6-10,12,16-17H2,1-5H3,(H,23,26);4H,1-3H3;1-2H3;1H,(H,2,3)/b15-11-;;;. The Morgan fingerprint density at radius 2 is 1.63 bits per heavy atom. The Bertz CT molecular complexity index is 656. The van der Waals surface area contributed by atoms with Gasteiger partial charge in [-0.25, -0.2) is 4.98 Å². The Labute approximate surface area is 216 Å². The van der Waals surface area contributed by atoms with E-state index in [2.05, 4.69) is 65.6 Å². The fraction of sp³-hybridized carbons (Fsp3) is 0.690. The first-order chi connectivity index (χ1) is 16.7. The second-order valence-corrected chi connectivity index (χ2v) is 9.11. The van der Waals surface area contributed by atoms with Crippen LogP contribution >= 0.6 is 0 Å². The number of carboxylic acid groups (broad SMARTS) is 1. The number of hydrogen-bond acceptors (Lipinski definition) is 4. The average molecular weight is 494 g/mol. The van der Waals surface area contributed by atoms with Gasteiger partial charge in [0.2, 0.25) is 0 Å². The maximum absolute atomic E-state index is 12.6. The zero-order valence-electron chi connectivity index (χ0n) is 24.4. The summed E-state index contributed by atoms with van der Waals surface area (Å²) in [5, 5.41) is 9.77. The van der Waals surface area contributed by atoms with Crippen LogP contribution in [-0.4, -0.2) is 35.6 Å². The zero-order valence-corrected chi connectivity index (χ0v) is 24.4. The number of unbranched alkanes of at least 4 members (excludes halogenated alkanes) is 2. The molecule has 0 spiro atoms. The topological polar surface area (TPSA) is 82.5 Å². The summed E-state index contributed by atoms with van der Waals surface area (Å²) in [6.07, 6.45) is 9.86. The van der Waals surface area contributed by atoms with Crippen LogP contribution in [0.15, 0.2) is 24.4 Å². The summed E-state index contributed by atoms with van der Waals surface area (Å²) in [7, 11) is 0. The van der Waals surface area contributed by atoms with Crippen LogP contribution in [0.2, 0.25) is 0 Å². The van der Waals surface area contributed by atoms with Crippen LogP contribution in [0.25, 0.3) is 0 Å². The molecule has 1 heterocycles. The second-order valence-electron chi connectivity index (χ2n) is 9.11. The first kappa shape index (κ1) is 37.2. The van der Waals surface area contributed by atoms with Gasteiger partial charge in [-0.15, -0.1) is 0 Å². The van der Waals surface area contributed by atoms with Gasteiger partial charge in [-0.3, -0.25) is 9.59 Å². The molecule has 35 heavy (non-hydrogen) atoms. The van der Waals surface area contributed by atoms with Gasteiger partial charge in [-0.2, -0.15) is 0 Å². The lowest BCUT2D eigenvalue weighted by Crippen LogP contribution is -2.30. The maximum Gasteiger partial charge on any atom is 0.290 e. The van der Waals surface area contributed by atoms with Crippen molar-refractivity contribution in [3.63, 3.8) is 0 Å². The second kappa shape index (κ2) is 26.2. The van der Waals surface area contributed by atoms with E-state index in [1.54, 1.807) is 6.20 Å². The van der Waals surface area contributed by atoms with E-state index in [4.69, 9.17) is 14.9 Å². The van der Waals surface area contributed by atoms with E-state index < -0.39 is 0 Å². The Kier molecular flexibility index (Phi) is 27.9. The number of carbonyl (C=O) groups excluding carboxylic acids is 1. The number of hydrogen-bond donors (Lipinski definition) is 2. The summed E-state index contributed by atoms with van der Waals surface area (Å²) < 4.78 is 0. The zero-order chi connectivity index (χ0) is 27.6. The lowest BCUT2D eigenvalue weighted by molar-refractivity contribution is -0.122. The molecular weight excluding hydrogens is 438 g/mol. The number of nitrogens with zero attached hydrogens (tertiary/aromatic N) is 2.